The first-order chi connectivity index (χ1) is 24.1. The molecule has 4 aromatic rings. The fourth-order valence-electron chi connectivity index (χ4n) is 6.39. The molecule has 0 spiro atoms. The minimum Gasteiger partial charge on any atom is -0.434 e. The molecule has 10 nitrogen and oxygen atoms in total. The number of nitrogens with one attached hydrogen (secondary N) is 3. The number of alkyl halides is 3. The first-order valence-electron chi connectivity index (χ1n) is 16.3. The van der Waals surface area contributed by atoms with E-state index in [0.717, 1.165) is 17.9 Å². The standard InChI is InChI=1S/C35H36Cl2F3N7O3/c1-46-27-11-15-47(14-3-12-38)19-26(27)44-33(46)34(49)45-25-5-2-4-23(30(25)36)24-10-13-42-32(31(24)37)20-6-7-21(28(16-20)50-35(39)40)17-41-18-22-8-9-29(48)43-22/h2,4-7,10,13,16,22,35,41H,3,8-9,11-12,14-15,17-19H2,1H3,(H,43,48)(H,45,49). The molecule has 264 valence electrons. The molecule has 1 unspecified atom stereocenters. The van der Waals surface area contributed by atoms with Crippen LogP contribution in [-0.2, 0) is 31.4 Å². The normalized spacial score (nSPS) is 16.1. The number of hydrogen-bond acceptors (Lipinski definition) is 7. The molecule has 0 radical (unpaired) electrons. The van der Waals surface area contributed by atoms with Gasteiger partial charge in [0.25, 0.3) is 5.91 Å². The predicted molar refractivity (Wildman–Crippen MR) is 185 cm³/mol. The molecule has 1 atom stereocenters. The SMILES string of the molecule is Cn1c(C(=O)Nc2cccc(-c3ccnc(-c4ccc(CNCC5CCC(=O)N5)c(OC(F)F)c4)c3Cl)c2Cl)nc2c1CCN(CCCF)C2. The molecular formula is C35H36Cl2F3N7O3. The Labute approximate surface area is 297 Å². The number of amides is 2. The highest BCUT2D eigenvalue weighted by Crippen LogP contribution is 2.41. The molecule has 2 aromatic heterocycles. The van der Waals surface area contributed by atoms with Crippen molar-refractivity contribution in [1.29, 1.82) is 0 Å². The number of carbonyl (C=O) groups is 2. The van der Waals surface area contributed by atoms with E-state index in [4.69, 9.17) is 27.9 Å². The summed E-state index contributed by atoms with van der Waals surface area (Å²) in [6, 6.07) is 11.7. The Hall–Kier alpha value is -4.17. The Morgan fingerprint density at radius 2 is 1.96 bits per heavy atom. The molecule has 0 aliphatic carbocycles. The van der Waals surface area contributed by atoms with Gasteiger partial charge in [0.15, 0.2) is 5.82 Å². The number of fused-ring (bicyclic) bond motifs is 1. The van der Waals surface area contributed by atoms with Crippen LogP contribution in [0.2, 0.25) is 10.0 Å². The minimum absolute atomic E-state index is 0.00446. The summed E-state index contributed by atoms with van der Waals surface area (Å²) in [7, 11) is 1.80. The average molecular weight is 731 g/mol. The molecule has 4 heterocycles. The smallest absolute Gasteiger partial charge is 0.387 e. The summed E-state index contributed by atoms with van der Waals surface area (Å²) in [6.45, 7) is -0.758. The first-order valence-corrected chi connectivity index (χ1v) is 17.0. The van der Waals surface area contributed by atoms with Gasteiger partial charge in [0, 0.05) is 92.8 Å². The van der Waals surface area contributed by atoms with Crippen LogP contribution < -0.4 is 20.7 Å². The molecule has 15 heteroatoms. The van der Waals surface area contributed by atoms with Gasteiger partial charge in [-0.15, -0.1) is 0 Å². The molecule has 2 aromatic carbocycles. The third-order valence-electron chi connectivity index (χ3n) is 8.92. The Bertz CT molecular complexity index is 1890. The Balaban J connectivity index is 1.22. The van der Waals surface area contributed by atoms with E-state index in [1.54, 1.807) is 48.0 Å². The number of halogens is 5. The molecule has 1 saturated heterocycles. The summed E-state index contributed by atoms with van der Waals surface area (Å²) in [5.41, 5.74) is 4.40. The second-order valence-electron chi connectivity index (χ2n) is 12.2. The maximum Gasteiger partial charge on any atom is 0.387 e. The summed E-state index contributed by atoms with van der Waals surface area (Å²) >= 11 is 13.8. The summed E-state index contributed by atoms with van der Waals surface area (Å²) < 4.78 is 46.2. The molecule has 1 fully saturated rings. The highest BCUT2D eigenvalue weighted by molar-refractivity contribution is 6.39. The van der Waals surface area contributed by atoms with Crippen LogP contribution in [0.4, 0.5) is 18.9 Å². The van der Waals surface area contributed by atoms with E-state index in [1.807, 2.05) is 0 Å². The molecular weight excluding hydrogens is 694 g/mol. The average Bonchev–Trinajstić information content (AvgIpc) is 3.67. The molecule has 6 rings (SSSR count). The quantitative estimate of drug-likeness (QED) is 0.146. The molecule has 2 aliphatic heterocycles. The largest absolute Gasteiger partial charge is 0.434 e. The fourth-order valence-corrected chi connectivity index (χ4v) is 6.99. The number of hydrogen-bond donors (Lipinski definition) is 3. The van der Waals surface area contributed by atoms with Crippen molar-refractivity contribution in [2.24, 2.45) is 7.05 Å². The minimum atomic E-state index is -3.05. The van der Waals surface area contributed by atoms with E-state index in [1.165, 1.54) is 12.3 Å². The third kappa shape index (κ3) is 7.91. The van der Waals surface area contributed by atoms with Gasteiger partial charge in [-0.3, -0.25) is 23.9 Å². The van der Waals surface area contributed by atoms with Crippen molar-refractivity contribution in [2.75, 3.05) is 31.6 Å². The van der Waals surface area contributed by atoms with Crippen LogP contribution in [0, 0.1) is 0 Å². The van der Waals surface area contributed by atoms with E-state index in [-0.39, 0.29) is 46.8 Å². The van der Waals surface area contributed by atoms with Gasteiger partial charge in [-0.05, 0) is 31.0 Å². The number of rotatable bonds is 13. The Morgan fingerprint density at radius 1 is 1.14 bits per heavy atom. The fraction of sp³-hybridized carbons (Fsp3) is 0.371. The van der Waals surface area contributed by atoms with Gasteiger partial charge >= 0.3 is 6.61 Å². The number of pyridine rings is 1. The molecule has 2 aliphatic rings. The summed E-state index contributed by atoms with van der Waals surface area (Å²) in [5, 5.41) is 9.39. The lowest BCUT2D eigenvalue weighted by molar-refractivity contribution is -0.119. The number of anilines is 1. The number of imidazole rings is 1. The summed E-state index contributed by atoms with van der Waals surface area (Å²) in [6.07, 6.45) is 3.87. The monoisotopic (exact) mass is 729 g/mol. The Morgan fingerprint density at radius 3 is 2.72 bits per heavy atom. The van der Waals surface area contributed by atoms with Gasteiger partial charge in [-0.1, -0.05) is 47.5 Å². The van der Waals surface area contributed by atoms with Crippen LogP contribution in [0.5, 0.6) is 5.75 Å². The topological polar surface area (TPSA) is 113 Å². The molecule has 50 heavy (non-hydrogen) atoms. The second-order valence-corrected chi connectivity index (χ2v) is 13.0. The van der Waals surface area contributed by atoms with Crippen LogP contribution in [0.1, 0.15) is 46.8 Å². The van der Waals surface area contributed by atoms with Crippen LogP contribution in [0.15, 0.2) is 48.7 Å². The lowest BCUT2D eigenvalue weighted by atomic mass is 10.0. The number of carbonyl (C=O) groups excluding carboxylic acids is 2. The van der Waals surface area contributed by atoms with Gasteiger partial charge in [0.05, 0.1) is 33.8 Å². The van der Waals surface area contributed by atoms with Gasteiger partial charge in [0.2, 0.25) is 5.91 Å². The zero-order valence-electron chi connectivity index (χ0n) is 27.2. The zero-order chi connectivity index (χ0) is 35.4. The predicted octanol–water partition coefficient (Wildman–Crippen LogP) is 6.40. The first kappa shape index (κ1) is 35.6. The lowest BCUT2D eigenvalue weighted by Gasteiger charge is -2.26. The van der Waals surface area contributed by atoms with Gasteiger partial charge in [0.1, 0.15) is 5.75 Å². The third-order valence-corrected chi connectivity index (χ3v) is 9.71. The van der Waals surface area contributed by atoms with Crippen molar-refractivity contribution in [2.45, 2.75) is 51.4 Å². The van der Waals surface area contributed by atoms with Gasteiger partial charge in [-0.2, -0.15) is 8.78 Å². The highest BCUT2D eigenvalue weighted by Gasteiger charge is 2.26. The van der Waals surface area contributed by atoms with E-state index in [2.05, 4.69) is 30.8 Å². The molecule has 0 saturated carbocycles. The van der Waals surface area contributed by atoms with Crippen molar-refractivity contribution in [1.82, 2.24) is 30.1 Å². The van der Waals surface area contributed by atoms with Gasteiger partial charge in [-0.25, -0.2) is 4.98 Å². The Kier molecular flexibility index (Phi) is 11.3. The van der Waals surface area contributed by atoms with E-state index < -0.39 is 12.5 Å². The van der Waals surface area contributed by atoms with E-state index in [0.29, 0.717) is 79.0 Å². The van der Waals surface area contributed by atoms with Crippen LogP contribution in [0.3, 0.4) is 0 Å². The van der Waals surface area contributed by atoms with Crippen molar-refractivity contribution < 1.29 is 27.5 Å². The van der Waals surface area contributed by atoms with Crippen molar-refractivity contribution in [3.63, 3.8) is 0 Å². The van der Waals surface area contributed by atoms with Crippen molar-refractivity contribution in [3.8, 4) is 28.1 Å². The number of nitrogens with zero attached hydrogens (tertiary/aromatic N) is 4. The van der Waals surface area contributed by atoms with Crippen molar-refractivity contribution >= 4 is 40.7 Å². The number of ether oxygens (including phenoxy) is 1. The van der Waals surface area contributed by atoms with E-state index in [9.17, 15) is 22.8 Å². The van der Waals surface area contributed by atoms with Crippen LogP contribution in [0.25, 0.3) is 22.4 Å². The summed E-state index contributed by atoms with van der Waals surface area (Å²) in [4.78, 5) is 36.1. The summed E-state index contributed by atoms with van der Waals surface area (Å²) in [5.74, 6) is -0.240. The van der Waals surface area contributed by atoms with Crippen molar-refractivity contribution in [3.05, 3.63) is 81.5 Å². The van der Waals surface area contributed by atoms with E-state index >= 15 is 0 Å². The molecule has 3 N–H and O–H groups in total. The van der Waals surface area contributed by atoms with Crippen LogP contribution >= 0.6 is 23.2 Å². The highest BCUT2D eigenvalue weighted by atomic mass is 35.5. The van der Waals surface area contributed by atoms with Gasteiger partial charge < -0.3 is 25.3 Å². The lowest BCUT2D eigenvalue weighted by Crippen LogP contribution is -2.35. The zero-order valence-corrected chi connectivity index (χ0v) is 28.8. The molecule has 0 bridgehead atoms. The number of benzene rings is 2. The number of aromatic nitrogens is 3. The van der Waals surface area contributed by atoms with Crippen LogP contribution in [-0.4, -0.2) is 70.2 Å². The second kappa shape index (κ2) is 15.8. The maximum atomic E-state index is 13.5. The molecule has 2 amide bonds. The maximum absolute atomic E-state index is 13.5.